The van der Waals surface area contributed by atoms with Crippen LogP contribution in [0.15, 0.2) is 24.3 Å². The molecule has 162 valence electrons. The van der Waals surface area contributed by atoms with Crippen molar-refractivity contribution >= 4 is 29.9 Å². The number of halogens is 1. The number of carbonyl (C=O) groups is 2. The number of amides is 2. The molecule has 0 aromatic heterocycles. The zero-order valence-corrected chi connectivity index (χ0v) is 17.9. The van der Waals surface area contributed by atoms with Crippen molar-refractivity contribution < 1.29 is 14.3 Å². The summed E-state index contributed by atoms with van der Waals surface area (Å²) in [6, 6.07) is 8.07. The van der Waals surface area contributed by atoms with Crippen LogP contribution in [-0.4, -0.2) is 62.1 Å². The van der Waals surface area contributed by atoms with E-state index in [1.165, 1.54) is 0 Å². The van der Waals surface area contributed by atoms with Crippen molar-refractivity contribution in [2.24, 2.45) is 5.92 Å². The van der Waals surface area contributed by atoms with Gasteiger partial charge in [0.05, 0.1) is 13.2 Å². The average Bonchev–Trinajstić information content (AvgIpc) is 2.71. The van der Waals surface area contributed by atoms with E-state index in [1.54, 1.807) is 0 Å². The van der Waals surface area contributed by atoms with Gasteiger partial charge in [-0.3, -0.25) is 14.5 Å². The lowest BCUT2D eigenvalue weighted by molar-refractivity contribution is -0.126. The third kappa shape index (κ3) is 7.93. The van der Waals surface area contributed by atoms with Crippen molar-refractivity contribution in [3.05, 3.63) is 29.8 Å². The quantitative estimate of drug-likeness (QED) is 0.621. The average molecular weight is 425 g/mol. The van der Waals surface area contributed by atoms with Crippen LogP contribution in [0.2, 0.25) is 0 Å². The van der Waals surface area contributed by atoms with Gasteiger partial charge >= 0.3 is 0 Å². The Hall–Kier alpha value is -1.67. The van der Waals surface area contributed by atoms with E-state index in [1.807, 2.05) is 24.3 Å². The van der Waals surface area contributed by atoms with Crippen molar-refractivity contribution in [2.75, 3.05) is 44.7 Å². The number of nitrogens with one attached hydrogen (secondary N) is 3. The third-order valence-electron chi connectivity index (χ3n) is 5.43. The zero-order valence-electron chi connectivity index (χ0n) is 17.1. The maximum atomic E-state index is 12.4. The van der Waals surface area contributed by atoms with Crippen molar-refractivity contribution in [1.82, 2.24) is 15.5 Å². The number of morpholine rings is 1. The fourth-order valence-electron chi connectivity index (χ4n) is 3.77. The Labute approximate surface area is 179 Å². The van der Waals surface area contributed by atoms with Crippen LogP contribution in [0, 0.1) is 5.92 Å². The van der Waals surface area contributed by atoms with Gasteiger partial charge in [0.2, 0.25) is 11.8 Å². The Bertz CT molecular complexity index is 667. The molecule has 3 N–H and O–H groups in total. The van der Waals surface area contributed by atoms with Gasteiger partial charge in [-0.25, -0.2) is 0 Å². The van der Waals surface area contributed by atoms with E-state index in [-0.39, 0.29) is 30.1 Å². The fraction of sp³-hybridized carbons (Fsp3) is 0.619. The smallest absolute Gasteiger partial charge is 0.225 e. The van der Waals surface area contributed by atoms with Crippen molar-refractivity contribution in [2.45, 2.75) is 38.8 Å². The maximum Gasteiger partial charge on any atom is 0.225 e. The molecule has 0 aliphatic carbocycles. The number of ether oxygens (including phenoxy) is 1. The first kappa shape index (κ1) is 23.6. The molecule has 0 spiro atoms. The Balaban J connectivity index is 0.00000300. The molecule has 2 atom stereocenters. The van der Waals surface area contributed by atoms with Crippen LogP contribution >= 0.6 is 12.4 Å². The summed E-state index contributed by atoms with van der Waals surface area (Å²) < 4.78 is 5.32. The Morgan fingerprint density at radius 3 is 2.83 bits per heavy atom. The molecule has 1 aromatic carbocycles. The summed E-state index contributed by atoms with van der Waals surface area (Å²) in [5.41, 5.74) is 1.76. The molecule has 2 aliphatic rings. The van der Waals surface area contributed by atoms with Crippen molar-refractivity contribution in [1.29, 1.82) is 0 Å². The summed E-state index contributed by atoms with van der Waals surface area (Å²) in [5.74, 6) is 0.212. The zero-order chi connectivity index (χ0) is 19.8. The lowest BCUT2D eigenvalue weighted by atomic mass is 9.92. The lowest BCUT2D eigenvalue weighted by Gasteiger charge is -2.27. The van der Waals surface area contributed by atoms with Crippen molar-refractivity contribution in [3.8, 4) is 0 Å². The molecule has 0 saturated carbocycles. The van der Waals surface area contributed by atoms with Crippen LogP contribution in [0.4, 0.5) is 5.69 Å². The highest BCUT2D eigenvalue weighted by Gasteiger charge is 2.24. The monoisotopic (exact) mass is 424 g/mol. The van der Waals surface area contributed by atoms with Gasteiger partial charge in [-0.2, -0.15) is 0 Å². The molecule has 2 aliphatic heterocycles. The fourth-order valence-corrected chi connectivity index (χ4v) is 3.77. The van der Waals surface area contributed by atoms with E-state index in [0.29, 0.717) is 19.0 Å². The molecule has 2 amide bonds. The lowest BCUT2D eigenvalue weighted by Crippen LogP contribution is -2.42. The Kier molecular flexibility index (Phi) is 9.87. The van der Waals surface area contributed by atoms with Crippen LogP contribution in [-0.2, 0) is 20.9 Å². The van der Waals surface area contributed by atoms with Gasteiger partial charge in [0.15, 0.2) is 0 Å². The number of benzene rings is 1. The highest BCUT2D eigenvalue weighted by molar-refractivity contribution is 5.90. The second kappa shape index (κ2) is 12.1. The molecule has 29 heavy (non-hydrogen) atoms. The van der Waals surface area contributed by atoms with Crippen LogP contribution in [0.1, 0.15) is 31.7 Å². The molecule has 1 aromatic rings. The summed E-state index contributed by atoms with van der Waals surface area (Å²) in [7, 11) is 0. The second-order valence-corrected chi connectivity index (χ2v) is 7.75. The van der Waals surface area contributed by atoms with E-state index in [2.05, 4.69) is 27.8 Å². The molecule has 0 bridgehead atoms. The molecule has 2 heterocycles. The SMILES string of the molecule is C[C@H]1C[C@@H](C(=O)NCc2cccc(NC(=O)CCN3CCOCC3)c2)CCN1.Cl. The number of anilines is 1. The van der Waals surface area contributed by atoms with E-state index >= 15 is 0 Å². The topological polar surface area (TPSA) is 82.7 Å². The predicted octanol–water partition coefficient (Wildman–Crippen LogP) is 1.77. The molecule has 7 nitrogen and oxygen atoms in total. The summed E-state index contributed by atoms with van der Waals surface area (Å²) in [6.45, 7) is 7.50. The van der Waals surface area contributed by atoms with Gasteiger partial charge in [0.25, 0.3) is 0 Å². The molecular weight excluding hydrogens is 392 g/mol. The van der Waals surface area contributed by atoms with E-state index < -0.39 is 0 Å². The van der Waals surface area contributed by atoms with Crippen LogP contribution < -0.4 is 16.0 Å². The molecule has 3 rings (SSSR count). The first-order valence-electron chi connectivity index (χ1n) is 10.3. The first-order valence-corrected chi connectivity index (χ1v) is 10.3. The molecule has 2 saturated heterocycles. The molecular formula is C21H33ClN4O3. The highest BCUT2D eigenvalue weighted by atomic mass is 35.5. The standard InChI is InChI=1S/C21H32N4O3.ClH/c1-16-13-18(5-7-22-16)21(27)23-15-17-3-2-4-19(14-17)24-20(26)6-8-25-9-11-28-12-10-25;/h2-4,14,16,18,22H,5-13,15H2,1H3,(H,23,27)(H,24,26);1H/t16-,18-;/m0./s1. The van der Waals surface area contributed by atoms with Gasteiger partial charge < -0.3 is 20.7 Å². The summed E-state index contributed by atoms with van der Waals surface area (Å²) in [5, 5.41) is 9.37. The number of rotatable bonds is 7. The molecule has 8 heteroatoms. The minimum atomic E-state index is 0. The minimum Gasteiger partial charge on any atom is -0.379 e. The number of carbonyl (C=O) groups excluding carboxylic acids is 2. The molecule has 0 unspecified atom stereocenters. The Morgan fingerprint density at radius 1 is 1.28 bits per heavy atom. The van der Waals surface area contributed by atoms with Crippen LogP contribution in [0.5, 0.6) is 0 Å². The third-order valence-corrected chi connectivity index (χ3v) is 5.43. The van der Waals surface area contributed by atoms with Crippen LogP contribution in [0.3, 0.4) is 0 Å². The molecule has 2 fully saturated rings. The minimum absolute atomic E-state index is 0. The summed E-state index contributed by atoms with van der Waals surface area (Å²) in [6.07, 6.45) is 2.23. The van der Waals surface area contributed by atoms with E-state index in [9.17, 15) is 9.59 Å². The van der Waals surface area contributed by atoms with Gasteiger partial charge in [-0.1, -0.05) is 12.1 Å². The highest BCUT2D eigenvalue weighted by Crippen LogP contribution is 2.17. The number of hydrogen-bond acceptors (Lipinski definition) is 5. The normalized spacial score (nSPS) is 22.4. The van der Waals surface area contributed by atoms with Crippen molar-refractivity contribution in [3.63, 3.8) is 0 Å². The second-order valence-electron chi connectivity index (χ2n) is 7.75. The van der Waals surface area contributed by atoms with E-state index in [0.717, 1.165) is 63.5 Å². The predicted molar refractivity (Wildman–Crippen MR) is 116 cm³/mol. The maximum absolute atomic E-state index is 12.4. The summed E-state index contributed by atoms with van der Waals surface area (Å²) in [4.78, 5) is 26.9. The molecule has 0 radical (unpaired) electrons. The first-order chi connectivity index (χ1) is 13.6. The van der Waals surface area contributed by atoms with Gasteiger partial charge in [0, 0.05) is 50.2 Å². The van der Waals surface area contributed by atoms with Gasteiger partial charge in [0.1, 0.15) is 0 Å². The number of piperidine rings is 1. The largest absolute Gasteiger partial charge is 0.379 e. The summed E-state index contributed by atoms with van der Waals surface area (Å²) >= 11 is 0. The number of hydrogen-bond donors (Lipinski definition) is 3. The van der Waals surface area contributed by atoms with Gasteiger partial charge in [-0.05, 0) is 44.0 Å². The van der Waals surface area contributed by atoms with Crippen LogP contribution in [0.25, 0.3) is 0 Å². The Morgan fingerprint density at radius 2 is 2.07 bits per heavy atom. The van der Waals surface area contributed by atoms with Gasteiger partial charge in [-0.15, -0.1) is 12.4 Å². The number of nitrogens with zero attached hydrogens (tertiary/aromatic N) is 1. The van der Waals surface area contributed by atoms with E-state index in [4.69, 9.17) is 4.74 Å².